The predicted octanol–water partition coefficient (Wildman–Crippen LogP) is 15.2. The average Bonchev–Trinajstić information content (AvgIpc) is 3.29. The Balaban J connectivity index is 4.39. The molecule has 7 nitrogen and oxygen atoms in total. The van der Waals surface area contributed by atoms with Gasteiger partial charge >= 0.3 is 0 Å². The van der Waals surface area contributed by atoms with Crippen LogP contribution in [0.3, 0.4) is 0 Å². The van der Waals surface area contributed by atoms with Gasteiger partial charge < -0.3 is 32.3 Å². The van der Waals surface area contributed by atoms with Crippen LogP contribution in [0.15, 0.2) is 24.3 Å². The molecule has 0 aliphatic carbocycles. The van der Waals surface area contributed by atoms with Crippen molar-refractivity contribution in [3.63, 3.8) is 0 Å². The summed E-state index contributed by atoms with van der Waals surface area (Å²) in [7, 11) is -8.68. The predicted molar refractivity (Wildman–Crippen MR) is 278 cm³/mol. The largest absolute Gasteiger partial charge is 0.414 e. The molecule has 11 heteroatoms. The molecule has 0 radical (unpaired) electrons. The van der Waals surface area contributed by atoms with Crippen molar-refractivity contribution < 1.29 is 32.3 Å². The number of ether oxygens (including phenoxy) is 2. The standard InChI is InChI=1S/C51H106O7Si4/c1-21-39(15)35-40(16)36-43(19)47(44(20)37-42(18)46(52)41(17)22-2)55-51-50(58-62(32-12,33-13)34-14)49(57-61(29-9,30-10)31-11)48(56-60(26-6,27-7)28-8)45(54-51)38-53-59(23-3,24-4)25-5/h22,37,39-41,43-52H,2,21,23-36,38H2,1,3-20H3/b42-37+/t39-,40-,41-,43-,44-,45?,46-,47+,48?,49?,50?,51?/m0/s1. The van der Waals surface area contributed by atoms with E-state index < -0.39 is 51.8 Å². The molecular formula is C51H106O7Si4. The van der Waals surface area contributed by atoms with E-state index in [1.165, 1.54) is 12.8 Å². The normalized spacial score (nSPS) is 24.3. The molecular weight excluding hydrogens is 837 g/mol. The van der Waals surface area contributed by atoms with E-state index >= 15 is 0 Å². The van der Waals surface area contributed by atoms with Crippen molar-refractivity contribution >= 4 is 33.3 Å². The van der Waals surface area contributed by atoms with Crippen molar-refractivity contribution in [2.45, 2.75) is 266 Å². The second kappa shape index (κ2) is 29.1. The van der Waals surface area contributed by atoms with Gasteiger partial charge in [0.1, 0.15) is 24.4 Å². The molecule has 1 N–H and O–H groups in total. The molecule has 1 heterocycles. The zero-order chi connectivity index (χ0) is 47.5. The molecule has 0 saturated carbocycles. The lowest BCUT2D eigenvalue weighted by molar-refractivity contribution is -0.309. The lowest BCUT2D eigenvalue weighted by Crippen LogP contribution is -2.68. The minimum absolute atomic E-state index is 0.00124. The van der Waals surface area contributed by atoms with Gasteiger partial charge in [0.15, 0.2) is 39.6 Å². The Kier molecular flexibility index (Phi) is 28.2. The maximum Gasteiger partial charge on any atom is 0.192 e. The molecule has 5 unspecified atom stereocenters. The summed E-state index contributed by atoms with van der Waals surface area (Å²) < 4.78 is 46.1. The molecule has 1 rings (SSSR count). The molecule has 0 aromatic carbocycles. The fraction of sp³-hybridized carbons (Fsp3) is 0.922. The van der Waals surface area contributed by atoms with Gasteiger partial charge in [0.2, 0.25) is 0 Å². The van der Waals surface area contributed by atoms with Crippen LogP contribution < -0.4 is 0 Å². The van der Waals surface area contributed by atoms with Gasteiger partial charge in [0.05, 0.1) is 18.8 Å². The highest BCUT2D eigenvalue weighted by Crippen LogP contribution is 2.42. The van der Waals surface area contributed by atoms with Crippen LogP contribution in [0.2, 0.25) is 72.5 Å². The molecule has 0 aromatic rings. The first kappa shape index (κ1) is 60.1. The Labute approximate surface area is 390 Å². The van der Waals surface area contributed by atoms with E-state index in [4.69, 9.17) is 27.2 Å². The van der Waals surface area contributed by atoms with Crippen LogP contribution >= 0.6 is 0 Å². The van der Waals surface area contributed by atoms with Crippen molar-refractivity contribution in [3.8, 4) is 0 Å². The highest BCUT2D eigenvalue weighted by atomic mass is 28.4. The van der Waals surface area contributed by atoms with Crippen LogP contribution in [0.25, 0.3) is 0 Å². The Morgan fingerprint density at radius 2 is 1.00 bits per heavy atom. The Hall–Kier alpha value is 0.0675. The molecule has 368 valence electrons. The van der Waals surface area contributed by atoms with Gasteiger partial charge in [0.25, 0.3) is 0 Å². The van der Waals surface area contributed by atoms with Crippen molar-refractivity contribution in [1.29, 1.82) is 0 Å². The quantitative estimate of drug-likeness (QED) is 0.0509. The molecule has 0 amide bonds. The van der Waals surface area contributed by atoms with Gasteiger partial charge in [-0.05, 0) is 116 Å². The Morgan fingerprint density at radius 3 is 1.40 bits per heavy atom. The SMILES string of the molecule is C=C[C@H](C)[C@H](O)/C(C)=C/[C@H](C)[C@H](OC1OC(CO[Si](CC)(CC)CC)C(O[Si](CC)(CC)CC)C(O[Si](CC)(CC)CC)C1O[Si](CC)(CC)CC)[C@@H](C)C[C@@H](C)C[C@@H](C)CC. The first-order valence-corrected chi connectivity index (χ1v) is 36.4. The van der Waals surface area contributed by atoms with Gasteiger partial charge in [-0.25, -0.2) is 0 Å². The molecule has 0 spiro atoms. The van der Waals surface area contributed by atoms with E-state index in [9.17, 15) is 5.11 Å². The highest BCUT2D eigenvalue weighted by molar-refractivity contribution is 6.75. The van der Waals surface area contributed by atoms with Crippen LogP contribution in [0, 0.1) is 29.6 Å². The molecule has 12 atom stereocenters. The molecule has 1 fully saturated rings. The summed E-state index contributed by atoms with van der Waals surface area (Å²) in [6.45, 7) is 48.2. The minimum atomic E-state index is -2.26. The van der Waals surface area contributed by atoms with Crippen molar-refractivity contribution in [2.24, 2.45) is 29.6 Å². The average molecular weight is 944 g/mol. The second-order valence-corrected chi connectivity index (χ2v) is 39.0. The van der Waals surface area contributed by atoms with E-state index in [1.54, 1.807) is 0 Å². The number of aliphatic hydroxyl groups excluding tert-OH is 1. The molecule has 1 saturated heterocycles. The number of hydrogen-bond acceptors (Lipinski definition) is 7. The van der Waals surface area contributed by atoms with E-state index in [0.29, 0.717) is 18.4 Å². The number of aliphatic hydroxyl groups is 1. The van der Waals surface area contributed by atoms with Crippen LogP contribution in [-0.4, -0.2) is 87.9 Å². The topological polar surface area (TPSA) is 75.6 Å². The fourth-order valence-corrected chi connectivity index (χ4v) is 21.7. The third-order valence-electron chi connectivity index (χ3n) is 16.5. The Morgan fingerprint density at radius 1 is 0.581 bits per heavy atom. The van der Waals surface area contributed by atoms with Gasteiger partial charge in [-0.1, -0.05) is 143 Å². The number of rotatable bonds is 34. The molecule has 0 bridgehead atoms. The summed E-state index contributed by atoms with van der Waals surface area (Å²) in [4.78, 5) is 0. The van der Waals surface area contributed by atoms with Crippen molar-refractivity contribution in [3.05, 3.63) is 24.3 Å². The minimum Gasteiger partial charge on any atom is -0.414 e. The third kappa shape index (κ3) is 16.4. The van der Waals surface area contributed by atoms with Crippen molar-refractivity contribution in [1.82, 2.24) is 0 Å². The van der Waals surface area contributed by atoms with E-state index in [1.807, 2.05) is 13.0 Å². The van der Waals surface area contributed by atoms with Crippen molar-refractivity contribution in [2.75, 3.05) is 6.61 Å². The first-order chi connectivity index (χ1) is 29.3. The number of hydrogen-bond donors (Lipinski definition) is 1. The lowest BCUT2D eigenvalue weighted by atomic mass is 9.82. The van der Waals surface area contributed by atoms with Gasteiger partial charge in [0, 0.05) is 11.8 Å². The van der Waals surface area contributed by atoms with Crippen LogP contribution in [0.1, 0.15) is 151 Å². The summed E-state index contributed by atoms with van der Waals surface area (Å²) in [6.07, 6.45) is 4.58. The van der Waals surface area contributed by atoms with Crippen LogP contribution in [-0.2, 0) is 27.2 Å². The summed E-state index contributed by atoms with van der Waals surface area (Å²) in [5.74, 6) is 1.38. The zero-order valence-electron chi connectivity index (χ0n) is 44.5. The van der Waals surface area contributed by atoms with Crippen LogP contribution in [0.4, 0.5) is 0 Å². The second-order valence-electron chi connectivity index (χ2n) is 20.1. The van der Waals surface area contributed by atoms with Gasteiger partial charge in [-0.15, -0.1) is 6.58 Å². The van der Waals surface area contributed by atoms with Gasteiger partial charge in [-0.3, -0.25) is 0 Å². The van der Waals surface area contributed by atoms with E-state index in [2.05, 4.69) is 137 Å². The van der Waals surface area contributed by atoms with Gasteiger partial charge in [-0.2, -0.15) is 0 Å². The monoisotopic (exact) mass is 943 g/mol. The molecule has 1 aliphatic heterocycles. The summed E-state index contributed by atoms with van der Waals surface area (Å²) in [5, 5.41) is 11.4. The van der Waals surface area contributed by atoms with Crippen LogP contribution in [0.5, 0.6) is 0 Å². The third-order valence-corrected chi connectivity index (χ3v) is 35.1. The highest BCUT2D eigenvalue weighted by Gasteiger charge is 2.56. The molecule has 1 aliphatic rings. The first-order valence-electron chi connectivity index (χ1n) is 26.3. The summed E-state index contributed by atoms with van der Waals surface area (Å²) in [5.41, 5.74) is 0.954. The van der Waals surface area contributed by atoms with E-state index in [0.717, 1.165) is 84.5 Å². The lowest BCUT2D eigenvalue weighted by Gasteiger charge is -2.54. The Bertz CT molecular complexity index is 1200. The summed E-state index contributed by atoms with van der Waals surface area (Å²) >= 11 is 0. The smallest absolute Gasteiger partial charge is 0.192 e. The van der Waals surface area contributed by atoms with E-state index in [-0.39, 0.29) is 42.2 Å². The summed E-state index contributed by atoms with van der Waals surface area (Å²) in [6, 6.07) is 12.5. The zero-order valence-corrected chi connectivity index (χ0v) is 48.5. The molecule has 62 heavy (non-hydrogen) atoms. The maximum absolute atomic E-state index is 11.4. The fourth-order valence-electron chi connectivity index (χ4n) is 10.5. The maximum atomic E-state index is 11.4. The molecule has 0 aromatic heterocycles.